The second-order valence-electron chi connectivity index (χ2n) is 16.7. The average molecular weight is 802 g/mol. The lowest BCUT2D eigenvalue weighted by molar-refractivity contribution is 0.669. The van der Waals surface area contributed by atoms with Gasteiger partial charge in [-0.2, -0.15) is 0 Å². The number of benzene rings is 10. The van der Waals surface area contributed by atoms with E-state index in [0.29, 0.717) is 0 Å². The molecule has 0 fully saturated rings. The van der Waals surface area contributed by atoms with E-state index in [1.54, 1.807) is 0 Å². The molecule has 2 aliphatic carbocycles. The molecule has 2 heteroatoms. The number of furan rings is 1. The number of fused-ring (bicyclic) bond motifs is 13. The topological polar surface area (TPSA) is 16.4 Å². The minimum Gasteiger partial charge on any atom is -0.456 e. The summed E-state index contributed by atoms with van der Waals surface area (Å²) in [6, 6.07) is 86.7. The van der Waals surface area contributed by atoms with E-state index in [1.807, 2.05) is 6.07 Å². The van der Waals surface area contributed by atoms with E-state index in [-0.39, 0.29) is 0 Å². The highest BCUT2D eigenvalue weighted by molar-refractivity contribution is 6.07. The van der Waals surface area contributed by atoms with Crippen molar-refractivity contribution in [2.45, 2.75) is 5.41 Å². The van der Waals surface area contributed by atoms with Crippen LogP contribution in [0, 0.1) is 0 Å². The van der Waals surface area contributed by atoms with Gasteiger partial charge in [0, 0.05) is 27.6 Å². The summed E-state index contributed by atoms with van der Waals surface area (Å²) in [4.78, 5) is 2.55. The maximum atomic E-state index is 6.51. The van der Waals surface area contributed by atoms with E-state index in [1.165, 1.54) is 50.1 Å². The highest BCUT2D eigenvalue weighted by atomic mass is 16.3. The molecule has 294 valence electrons. The van der Waals surface area contributed by atoms with Gasteiger partial charge >= 0.3 is 0 Å². The maximum Gasteiger partial charge on any atom is 0.136 e. The first kappa shape index (κ1) is 35.5. The van der Waals surface area contributed by atoms with E-state index >= 15 is 0 Å². The zero-order valence-electron chi connectivity index (χ0n) is 34.4. The first-order chi connectivity index (χ1) is 31.3. The summed E-state index contributed by atoms with van der Waals surface area (Å²) < 4.78 is 6.51. The third-order valence-electron chi connectivity index (χ3n) is 13.5. The van der Waals surface area contributed by atoms with E-state index in [4.69, 9.17) is 4.42 Å². The van der Waals surface area contributed by atoms with Gasteiger partial charge in [-0.15, -0.1) is 0 Å². The molecule has 0 aliphatic heterocycles. The van der Waals surface area contributed by atoms with E-state index in [9.17, 15) is 0 Å². The van der Waals surface area contributed by atoms with Crippen LogP contribution in [0.25, 0.3) is 77.6 Å². The van der Waals surface area contributed by atoms with Gasteiger partial charge in [0.15, 0.2) is 0 Å². The Bertz CT molecular complexity index is 3520. The molecule has 0 radical (unpaired) electrons. The molecular formula is C61H39NO. The number of para-hydroxylation sites is 1. The molecule has 10 aromatic carbocycles. The highest BCUT2D eigenvalue weighted by Crippen LogP contribution is 2.65. The summed E-state index contributed by atoms with van der Waals surface area (Å²) in [7, 11) is 0. The smallest absolute Gasteiger partial charge is 0.136 e. The van der Waals surface area contributed by atoms with Gasteiger partial charge in [0.05, 0.1) is 16.8 Å². The molecule has 2 aliphatic rings. The second-order valence-corrected chi connectivity index (χ2v) is 16.7. The number of rotatable bonds is 6. The molecule has 2 nitrogen and oxygen atoms in total. The third kappa shape index (κ3) is 5.19. The Labute approximate surface area is 366 Å². The minimum atomic E-state index is -0.554. The van der Waals surface area contributed by atoms with Crippen molar-refractivity contribution in [1.82, 2.24) is 0 Å². The Morgan fingerprint density at radius 3 is 1.56 bits per heavy atom. The summed E-state index contributed by atoms with van der Waals surface area (Å²) in [5.41, 5.74) is 21.7. The monoisotopic (exact) mass is 801 g/mol. The van der Waals surface area contributed by atoms with Crippen LogP contribution >= 0.6 is 0 Å². The normalized spacial score (nSPS) is 12.9. The maximum absolute atomic E-state index is 6.51. The van der Waals surface area contributed by atoms with Crippen LogP contribution in [-0.4, -0.2) is 0 Å². The van der Waals surface area contributed by atoms with Crippen LogP contribution in [0.15, 0.2) is 241 Å². The van der Waals surface area contributed by atoms with Crippen LogP contribution < -0.4 is 4.90 Å². The van der Waals surface area contributed by atoms with Crippen molar-refractivity contribution in [3.8, 4) is 55.6 Å². The van der Waals surface area contributed by atoms with E-state index in [0.717, 1.165) is 66.8 Å². The summed E-state index contributed by atoms with van der Waals surface area (Å²) in [6.45, 7) is 0. The number of hydrogen-bond donors (Lipinski definition) is 0. The van der Waals surface area contributed by atoms with Gasteiger partial charge in [0.2, 0.25) is 0 Å². The van der Waals surface area contributed by atoms with Crippen molar-refractivity contribution in [2.24, 2.45) is 0 Å². The molecule has 63 heavy (non-hydrogen) atoms. The van der Waals surface area contributed by atoms with Crippen molar-refractivity contribution in [3.63, 3.8) is 0 Å². The molecule has 0 unspecified atom stereocenters. The van der Waals surface area contributed by atoms with Gasteiger partial charge in [-0.1, -0.05) is 194 Å². The molecule has 0 N–H and O–H groups in total. The lowest BCUT2D eigenvalue weighted by Crippen LogP contribution is -2.28. The van der Waals surface area contributed by atoms with Crippen molar-refractivity contribution in [2.75, 3.05) is 4.90 Å². The third-order valence-corrected chi connectivity index (χ3v) is 13.5. The van der Waals surface area contributed by atoms with Crippen molar-refractivity contribution >= 4 is 39.0 Å². The summed E-state index contributed by atoms with van der Waals surface area (Å²) in [5, 5.41) is 2.25. The predicted molar refractivity (Wildman–Crippen MR) is 261 cm³/mol. The fourth-order valence-corrected chi connectivity index (χ4v) is 11.0. The number of anilines is 3. The van der Waals surface area contributed by atoms with Gasteiger partial charge in [-0.05, 0) is 109 Å². The van der Waals surface area contributed by atoms with Crippen molar-refractivity contribution < 1.29 is 4.42 Å². The van der Waals surface area contributed by atoms with Crippen LogP contribution in [0.3, 0.4) is 0 Å². The summed E-state index contributed by atoms with van der Waals surface area (Å²) >= 11 is 0. The van der Waals surface area contributed by atoms with Gasteiger partial charge in [-0.3, -0.25) is 0 Å². The molecule has 0 saturated carbocycles. The van der Waals surface area contributed by atoms with Crippen molar-refractivity contribution in [1.29, 1.82) is 0 Å². The van der Waals surface area contributed by atoms with Crippen LogP contribution in [0.1, 0.15) is 22.3 Å². The van der Waals surface area contributed by atoms with Gasteiger partial charge in [-0.25, -0.2) is 0 Å². The molecule has 1 heterocycles. The lowest BCUT2D eigenvalue weighted by atomic mass is 9.70. The summed E-state index contributed by atoms with van der Waals surface area (Å²) in [5.74, 6) is 0. The number of nitrogens with zero attached hydrogens (tertiary/aromatic N) is 1. The van der Waals surface area contributed by atoms with Gasteiger partial charge < -0.3 is 9.32 Å². The number of hydrogen-bond acceptors (Lipinski definition) is 2. The zero-order valence-corrected chi connectivity index (χ0v) is 34.4. The summed E-state index contributed by atoms with van der Waals surface area (Å²) in [6.07, 6.45) is 0. The molecule has 11 aromatic rings. The fourth-order valence-electron chi connectivity index (χ4n) is 11.0. The average Bonchev–Trinajstić information content (AvgIpc) is 3.99. The quantitative estimate of drug-likeness (QED) is 0.167. The molecule has 1 spiro atoms. The largest absolute Gasteiger partial charge is 0.456 e. The second kappa shape index (κ2) is 13.9. The van der Waals surface area contributed by atoms with Crippen molar-refractivity contribution in [3.05, 3.63) is 259 Å². The Hall–Kier alpha value is -8.20. The van der Waals surface area contributed by atoms with E-state index in [2.05, 4.69) is 235 Å². The molecule has 0 bridgehead atoms. The molecule has 0 atom stereocenters. The first-order valence-electron chi connectivity index (χ1n) is 21.8. The first-order valence-corrected chi connectivity index (χ1v) is 21.8. The molecular weight excluding hydrogens is 763 g/mol. The standard InChI is InChI=1S/C61H39NO/c1-3-18-40(19-4-1)42-22-15-23-44(38-42)62(55-33-16-28-45(59(55)41-20-5-2-6-21-41)43-36-37-50-49-27-10-14-35-57(49)63-58(50)39-43)56-34-17-29-51-48-26-9-13-32-54(48)61(60(51)56)52-30-11-7-24-46(52)47-25-8-12-31-53(47)61/h1-39H. The van der Waals surface area contributed by atoms with Crippen LogP contribution in [0.2, 0.25) is 0 Å². The molecule has 0 saturated heterocycles. The Kier molecular flexibility index (Phi) is 7.85. The van der Waals surface area contributed by atoms with E-state index < -0.39 is 5.41 Å². The molecule has 1 aromatic heterocycles. The Balaban J connectivity index is 1.14. The lowest BCUT2D eigenvalue weighted by Gasteiger charge is -2.37. The van der Waals surface area contributed by atoms with Crippen LogP contribution in [0.4, 0.5) is 17.1 Å². The minimum absolute atomic E-state index is 0.554. The highest BCUT2D eigenvalue weighted by Gasteiger charge is 2.53. The SMILES string of the molecule is c1ccc(-c2cccc(N(c3cccc(-c4ccc5c(c4)oc4ccccc45)c3-c3ccccc3)c3cccc4c3C3(c5ccccc5-c5ccccc53)c3ccccc3-4)c2)cc1. The van der Waals surface area contributed by atoms with Crippen LogP contribution in [0.5, 0.6) is 0 Å². The Morgan fingerprint density at radius 2 is 0.841 bits per heavy atom. The van der Waals surface area contributed by atoms with Gasteiger partial charge in [0.25, 0.3) is 0 Å². The van der Waals surface area contributed by atoms with Gasteiger partial charge in [0.1, 0.15) is 11.2 Å². The van der Waals surface area contributed by atoms with Crippen LogP contribution in [-0.2, 0) is 5.41 Å². The Morgan fingerprint density at radius 1 is 0.317 bits per heavy atom. The molecule has 13 rings (SSSR count). The predicted octanol–water partition coefficient (Wildman–Crippen LogP) is 16.4. The fraction of sp³-hybridized carbons (Fsp3) is 0.0164. The zero-order chi connectivity index (χ0) is 41.5. The molecule has 0 amide bonds.